The predicted molar refractivity (Wildman–Crippen MR) is 154 cm³/mol. The second kappa shape index (κ2) is 10.5. The van der Waals surface area contributed by atoms with Gasteiger partial charge in [-0.05, 0) is 72.8 Å². The lowest BCUT2D eigenvalue weighted by Crippen LogP contribution is -2.49. The van der Waals surface area contributed by atoms with Crippen LogP contribution in [0, 0.1) is 5.82 Å². The van der Waals surface area contributed by atoms with Crippen molar-refractivity contribution in [2.75, 3.05) is 18.0 Å². The molecule has 0 unspecified atom stereocenters. The van der Waals surface area contributed by atoms with E-state index in [0.717, 1.165) is 41.3 Å². The molecular weight excluding hydrogens is 519 g/mol. The molecule has 6 aromatic rings. The van der Waals surface area contributed by atoms with Crippen molar-refractivity contribution >= 4 is 33.7 Å². The molecule has 0 aliphatic carbocycles. The number of carbonyl (C=O) groups is 1. The molecular formula is C31H25FN8O. The van der Waals surface area contributed by atoms with Gasteiger partial charge in [-0.15, -0.1) is 5.10 Å². The van der Waals surface area contributed by atoms with Crippen molar-refractivity contribution in [3.05, 3.63) is 103 Å². The maximum Gasteiger partial charge on any atom is 0.262 e. The largest absolute Gasteiger partial charge is 0.315 e. The Morgan fingerprint density at radius 1 is 0.976 bits per heavy atom. The molecule has 0 spiro atoms. The number of hydrogen-bond donors (Lipinski definition) is 1. The second-order valence-electron chi connectivity index (χ2n) is 10.00. The first-order valence-corrected chi connectivity index (χ1v) is 13.5. The molecule has 9 nitrogen and oxygen atoms in total. The van der Waals surface area contributed by atoms with Crippen LogP contribution in [0.1, 0.15) is 23.2 Å². The van der Waals surface area contributed by atoms with Gasteiger partial charge in [0.1, 0.15) is 17.2 Å². The normalized spacial score (nSPS) is 15.3. The highest BCUT2D eigenvalue weighted by Crippen LogP contribution is 2.33. The number of aromatic nitrogens is 6. The van der Waals surface area contributed by atoms with Crippen LogP contribution in [0.3, 0.4) is 0 Å². The molecule has 202 valence electrons. The van der Waals surface area contributed by atoms with Crippen LogP contribution < -0.4 is 10.2 Å². The van der Waals surface area contributed by atoms with Crippen molar-refractivity contribution in [2.24, 2.45) is 0 Å². The highest BCUT2D eigenvalue weighted by atomic mass is 19.1. The fourth-order valence-electron chi connectivity index (χ4n) is 5.42. The first-order valence-electron chi connectivity index (χ1n) is 13.5. The number of benzene rings is 2. The summed E-state index contributed by atoms with van der Waals surface area (Å²) in [5.41, 5.74) is 3.40. The summed E-state index contributed by atoms with van der Waals surface area (Å²) in [5, 5.41) is 13.4. The third-order valence-electron chi connectivity index (χ3n) is 7.46. The Hall–Kier alpha value is -5.09. The summed E-state index contributed by atoms with van der Waals surface area (Å²) in [5.74, 6) is -0.602. The van der Waals surface area contributed by atoms with E-state index in [0.29, 0.717) is 29.2 Å². The zero-order valence-corrected chi connectivity index (χ0v) is 22.0. The highest BCUT2D eigenvalue weighted by Gasteiger charge is 2.31. The van der Waals surface area contributed by atoms with Gasteiger partial charge in [0.15, 0.2) is 5.65 Å². The fraction of sp³-hybridized carbons (Fsp3) is 0.161. The maximum atomic E-state index is 15.8. The fourth-order valence-corrected chi connectivity index (χ4v) is 5.42. The first kappa shape index (κ1) is 24.9. The van der Waals surface area contributed by atoms with E-state index in [1.54, 1.807) is 47.9 Å². The number of rotatable bonds is 5. The SMILES string of the molecule is O=C(c1ccc(-n2nnc3cccnc32)cc1F)N(c1nccc2ccc(-c3cccnc3)cc12)[C@@H]1CCCNC1. The van der Waals surface area contributed by atoms with E-state index in [4.69, 9.17) is 4.98 Å². The molecule has 0 saturated carbocycles. The minimum atomic E-state index is -0.655. The number of nitrogens with zero attached hydrogens (tertiary/aromatic N) is 7. The average Bonchev–Trinajstić information content (AvgIpc) is 3.46. The molecule has 4 aromatic heterocycles. The van der Waals surface area contributed by atoms with Gasteiger partial charge in [-0.25, -0.2) is 14.4 Å². The van der Waals surface area contributed by atoms with Crippen LogP contribution in [0.4, 0.5) is 10.2 Å². The molecule has 41 heavy (non-hydrogen) atoms. The van der Waals surface area contributed by atoms with Gasteiger partial charge in [-0.3, -0.25) is 14.7 Å². The molecule has 0 bridgehead atoms. The summed E-state index contributed by atoms with van der Waals surface area (Å²) in [6, 6.07) is 19.7. The molecule has 1 amide bonds. The molecule has 0 radical (unpaired) electrons. The lowest BCUT2D eigenvalue weighted by Gasteiger charge is -2.34. The molecule has 10 heteroatoms. The zero-order chi connectivity index (χ0) is 27.8. The first-order chi connectivity index (χ1) is 20.2. The molecule has 1 aliphatic rings. The molecule has 1 N–H and O–H groups in total. The minimum Gasteiger partial charge on any atom is -0.315 e. The lowest BCUT2D eigenvalue weighted by atomic mass is 10.0. The lowest BCUT2D eigenvalue weighted by molar-refractivity contribution is 0.0968. The molecule has 7 rings (SSSR count). The summed E-state index contributed by atoms with van der Waals surface area (Å²) in [6.45, 7) is 1.46. The summed E-state index contributed by atoms with van der Waals surface area (Å²) in [6.07, 6.45) is 8.53. The number of nitrogens with one attached hydrogen (secondary N) is 1. The van der Waals surface area contributed by atoms with E-state index in [1.807, 2.05) is 36.4 Å². The van der Waals surface area contributed by atoms with E-state index < -0.39 is 11.7 Å². The smallest absolute Gasteiger partial charge is 0.262 e. The summed E-state index contributed by atoms with van der Waals surface area (Å²) in [4.78, 5) is 29.1. The van der Waals surface area contributed by atoms with Crippen molar-refractivity contribution in [3.8, 4) is 16.8 Å². The van der Waals surface area contributed by atoms with E-state index in [2.05, 4.69) is 25.6 Å². The highest BCUT2D eigenvalue weighted by molar-refractivity contribution is 6.11. The third-order valence-corrected chi connectivity index (χ3v) is 7.46. The summed E-state index contributed by atoms with van der Waals surface area (Å²) >= 11 is 0. The number of pyridine rings is 3. The number of fused-ring (bicyclic) bond motifs is 2. The van der Waals surface area contributed by atoms with Gasteiger partial charge in [0.05, 0.1) is 17.3 Å². The number of piperidine rings is 1. The van der Waals surface area contributed by atoms with Crippen molar-refractivity contribution in [3.63, 3.8) is 0 Å². The van der Waals surface area contributed by atoms with E-state index in [-0.39, 0.29) is 11.6 Å². The summed E-state index contributed by atoms with van der Waals surface area (Å²) in [7, 11) is 0. The van der Waals surface area contributed by atoms with Gasteiger partial charge in [0.2, 0.25) is 0 Å². The van der Waals surface area contributed by atoms with Crippen molar-refractivity contribution in [2.45, 2.75) is 18.9 Å². The van der Waals surface area contributed by atoms with E-state index in [9.17, 15) is 4.79 Å². The van der Waals surface area contributed by atoms with Crippen LogP contribution >= 0.6 is 0 Å². The maximum absolute atomic E-state index is 15.8. The van der Waals surface area contributed by atoms with Crippen molar-refractivity contribution in [1.82, 2.24) is 35.3 Å². The Morgan fingerprint density at radius 3 is 2.73 bits per heavy atom. The standard InChI is InChI=1S/C31H25FN8O/c32-27-17-23(40-30-28(37-38-40)6-3-14-35-30)9-10-25(27)31(41)39(24-5-2-13-34-19-24)29-26-16-21(22-4-1-12-33-18-22)8-7-20(26)11-15-36-29/h1,3-4,6-12,14-18,24,34H,2,5,13,19H2/t24-/m1/s1. The number of hydrogen-bond acceptors (Lipinski definition) is 7. The topological polar surface area (TPSA) is 102 Å². The van der Waals surface area contributed by atoms with Crippen LogP contribution in [-0.4, -0.2) is 55.0 Å². The van der Waals surface area contributed by atoms with Crippen LogP contribution in [0.5, 0.6) is 0 Å². The summed E-state index contributed by atoms with van der Waals surface area (Å²) < 4.78 is 17.2. The van der Waals surface area contributed by atoms with Crippen LogP contribution in [0.15, 0.2) is 91.5 Å². The van der Waals surface area contributed by atoms with Crippen LogP contribution in [0.2, 0.25) is 0 Å². The molecule has 1 fully saturated rings. The van der Waals surface area contributed by atoms with Crippen molar-refractivity contribution in [1.29, 1.82) is 0 Å². The number of carbonyl (C=O) groups excluding carboxylic acids is 1. The molecule has 1 saturated heterocycles. The van der Waals surface area contributed by atoms with E-state index >= 15 is 4.39 Å². The number of halogens is 1. The van der Waals surface area contributed by atoms with Gasteiger partial charge < -0.3 is 5.32 Å². The minimum absolute atomic E-state index is 0.0427. The Morgan fingerprint density at radius 2 is 1.90 bits per heavy atom. The monoisotopic (exact) mass is 544 g/mol. The number of anilines is 1. The molecule has 2 aromatic carbocycles. The van der Waals surface area contributed by atoms with Crippen LogP contribution in [-0.2, 0) is 0 Å². The average molecular weight is 545 g/mol. The van der Waals surface area contributed by atoms with Gasteiger partial charge in [0, 0.05) is 48.3 Å². The second-order valence-corrected chi connectivity index (χ2v) is 10.00. The Labute approximate surface area is 234 Å². The Bertz CT molecular complexity index is 1880. The van der Waals surface area contributed by atoms with E-state index in [1.165, 1.54) is 16.8 Å². The van der Waals surface area contributed by atoms with Gasteiger partial charge in [-0.2, -0.15) is 4.68 Å². The zero-order valence-electron chi connectivity index (χ0n) is 22.0. The molecule has 1 aliphatic heterocycles. The predicted octanol–water partition coefficient (Wildman–Crippen LogP) is 4.96. The van der Waals surface area contributed by atoms with Crippen LogP contribution in [0.25, 0.3) is 38.8 Å². The van der Waals surface area contributed by atoms with Crippen molar-refractivity contribution < 1.29 is 9.18 Å². The molecule has 1 atom stereocenters. The Kier molecular flexibility index (Phi) is 6.36. The van der Waals surface area contributed by atoms with Gasteiger partial charge in [-0.1, -0.05) is 23.4 Å². The molecule has 5 heterocycles. The quantitative estimate of drug-likeness (QED) is 0.327. The third kappa shape index (κ3) is 4.57. The van der Waals surface area contributed by atoms with Gasteiger partial charge >= 0.3 is 0 Å². The van der Waals surface area contributed by atoms with Gasteiger partial charge in [0.25, 0.3) is 5.91 Å². The Balaban J connectivity index is 1.32. The number of amides is 1.